The van der Waals surface area contributed by atoms with Crippen molar-refractivity contribution in [2.75, 3.05) is 12.0 Å². The van der Waals surface area contributed by atoms with Crippen LogP contribution in [-0.4, -0.2) is 42.4 Å². The van der Waals surface area contributed by atoms with E-state index < -0.39 is 5.97 Å². The van der Waals surface area contributed by atoms with E-state index in [1.165, 1.54) is 7.11 Å². The highest BCUT2D eigenvalue weighted by Gasteiger charge is 2.43. The van der Waals surface area contributed by atoms with E-state index in [1.54, 1.807) is 30.3 Å². The molecule has 0 amide bonds. The average Bonchev–Trinajstić information content (AvgIpc) is 3.59. The fourth-order valence-corrected chi connectivity index (χ4v) is 6.34. The Bertz CT molecular complexity index is 1320. The minimum atomic E-state index is -0.436. The number of hydrogen-bond donors (Lipinski definition) is 0. The van der Waals surface area contributed by atoms with Crippen molar-refractivity contribution in [2.24, 2.45) is 0 Å². The summed E-state index contributed by atoms with van der Waals surface area (Å²) in [4.78, 5) is 27.8. The summed E-state index contributed by atoms with van der Waals surface area (Å²) in [6, 6.07) is 13.2. The van der Waals surface area contributed by atoms with E-state index in [1.807, 2.05) is 12.1 Å². The van der Waals surface area contributed by atoms with Gasteiger partial charge in [-0.1, -0.05) is 34.4 Å². The van der Waals surface area contributed by atoms with Crippen molar-refractivity contribution in [3.8, 4) is 11.3 Å². The van der Waals surface area contributed by atoms with Crippen molar-refractivity contribution in [3.63, 3.8) is 0 Å². The van der Waals surface area contributed by atoms with Gasteiger partial charge in [-0.25, -0.2) is 9.59 Å². The van der Waals surface area contributed by atoms with E-state index in [4.69, 9.17) is 37.2 Å². The summed E-state index contributed by atoms with van der Waals surface area (Å²) in [7, 11) is 1.38. The van der Waals surface area contributed by atoms with Crippen molar-refractivity contribution in [1.29, 1.82) is 0 Å². The minimum absolute atomic E-state index is 0.163. The zero-order valence-electron chi connectivity index (χ0n) is 20.3. The van der Waals surface area contributed by atoms with Gasteiger partial charge < -0.3 is 18.9 Å². The zero-order valence-corrected chi connectivity index (χ0v) is 21.8. The SMILES string of the molecule is COC(=O)c1ccc(N2C3CCC2CC(OC(=O)c2c(-c4c(Cl)cccc4Cl)noc2C2CC2)C3)cc1. The number of halogens is 2. The predicted molar refractivity (Wildman–Crippen MR) is 139 cm³/mol. The molecule has 37 heavy (non-hydrogen) atoms. The highest BCUT2D eigenvalue weighted by molar-refractivity contribution is 6.39. The van der Waals surface area contributed by atoms with Crippen LogP contribution in [0.4, 0.5) is 5.69 Å². The number of esters is 2. The molecule has 3 aromatic rings. The molecule has 3 aliphatic rings. The van der Waals surface area contributed by atoms with Crippen LogP contribution in [0.25, 0.3) is 11.3 Å². The maximum Gasteiger partial charge on any atom is 0.344 e. The summed E-state index contributed by atoms with van der Waals surface area (Å²) in [6.07, 6.45) is 5.19. The monoisotopic (exact) mass is 540 g/mol. The first-order valence-corrected chi connectivity index (χ1v) is 13.3. The van der Waals surface area contributed by atoms with E-state index in [2.05, 4.69) is 10.1 Å². The largest absolute Gasteiger partial charge is 0.465 e. The number of aromatic nitrogens is 1. The molecule has 2 unspecified atom stereocenters. The second-order valence-electron chi connectivity index (χ2n) is 9.97. The molecule has 3 heterocycles. The van der Waals surface area contributed by atoms with Crippen LogP contribution in [0.5, 0.6) is 0 Å². The Morgan fingerprint density at radius 2 is 1.59 bits per heavy atom. The lowest BCUT2D eigenvalue weighted by molar-refractivity contribution is 0.0202. The number of hydrogen-bond acceptors (Lipinski definition) is 7. The molecule has 2 bridgehead atoms. The zero-order chi connectivity index (χ0) is 25.7. The van der Waals surface area contributed by atoms with Gasteiger partial charge in [-0.15, -0.1) is 0 Å². The molecule has 6 rings (SSSR count). The van der Waals surface area contributed by atoms with Crippen molar-refractivity contribution in [1.82, 2.24) is 5.16 Å². The van der Waals surface area contributed by atoms with E-state index in [0.717, 1.165) is 44.2 Å². The average molecular weight is 541 g/mol. The summed E-state index contributed by atoms with van der Waals surface area (Å²) in [5, 5.41) is 5.03. The van der Waals surface area contributed by atoms with Gasteiger partial charge in [0.05, 0.1) is 22.7 Å². The molecule has 1 saturated carbocycles. The summed E-state index contributed by atoms with van der Waals surface area (Å²) >= 11 is 12.9. The summed E-state index contributed by atoms with van der Waals surface area (Å²) in [5.74, 6) is -0.0653. The molecule has 2 aliphatic heterocycles. The van der Waals surface area contributed by atoms with Crippen molar-refractivity contribution in [2.45, 2.75) is 62.6 Å². The highest BCUT2D eigenvalue weighted by atomic mass is 35.5. The lowest BCUT2D eigenvalue weighted by Crippen LogP contribution is -2.46. The molecule has 2 atom stereocenters. The van der Waals surface area contributed by atoms with Gasteiger partial charge in [0.15, 0.2) is 5.76 Å². The number of carbonyl (C=O) groups excluding carboxylic acids is 2. The van der Waals surface area contributed by atoms with Gasteiger partial charge in [0.2, 0.25) is 0 Å². The number of benzene rings is 2. The molecule has 0 spiro atoms. The van der Waals surface area contributed by atoms with Crippen LogP contribution >= 0.6 is 23.2 Å². The molecule has 3 fully saturated rings. The highest BCUT2D eigenvalue weighted by Crippen LogP contribution is 2.47. The topological polar surface area (TPSA) is 81.9 Å². The van der Waals surface area contributed by atoms with E-state index in [9.17, 15) is 9.59 Å². The third-order valence-electron chi connectivity index (χ3n) is 7.62. The van der Waals surface area contributed by atoms with Gasteiger partial charge in [0, 0.05) is 42.1 Å². The number of rotatable bonds is 6. The second kappa shape index (κ2) is 9.69. The first kappa shape index (κ1) is 24.3. The number of carbonyl (C=O) groups is 2. The molecule has 1 aliphatic carbocycles. The van der Waals surface area contributed by atoms with Crippen LogP contribution in [0.1, 0.15) is 70.9 Å². The minimum Gasteiger partial charge on any atom is -0.465 e. The molecule has 2 aromatic carbocycles. The van der Waals surface area contributed by atoms with Crippen LogP contribution in [0, 0.1) is 0 Å². The van der Waals surface area contributed by atoms with Gasteiger partial charge in [-0.2, -0.15) is 0 Å². The quantitative estimate of drug-likeness (QED) is 0.323. The Morgan fingerprint density at radius 1 is 0.946 bits per heavy atom. The van der Waals surface area contributed by atoms with Gasteiger partial charge >= 0.3 is 11.9 Å². The fourth-order valence-electron chi connectivity index (χ4n) is 5.76. The summed E-state index contributed by atoms with van der Waals surface area (Å²) in [6.45, 7) is 0. The standard InChI is InChI=1S/C28H26Cl2N2O5/c1-35-27(33)16-7-9-17(10-8-16)32-18-11-12-19(32)14-20(13-18)36-28(34)24-25(31-37-26(24)15-5-6-15)23-21(29)3-2-4-22(23)30/h2-4,7-10,15,18-20H,5-6,11-14H2,1H3. The third kappa shape index (κ3) is 4.48. The van der Waals surface area contributed by atoms with Crippen molar-refractivity contribution >= 4 is 40.8 Å². The van der Waals surface area contributed by atoms with Crippen molar-refractivity contribution < 1.29 is 23.6 Å². The molecular formula is C28H26Cl2N2O5. The van der Waals surface area contributed by atoms with E-state index in [-0.39, 0.29) is 30.1 Å². The van der Waals surface area contributed by atoms with Gasteiger partial charge in [0.1, 0.15) is 17.4 Å². The molecule has 9 heteroatoms. The van der Waals surface area contributed by atoms with Crippen LogP contribution in [0.2, 0.25) is 10.0 Å². The van der Waals surface area contributed by atoms with Crippen LogP contribution < -0.4 is 4.90 Å². The normalized spacial score (nSPS) is 22.7. The molecular weight excluding hydrogens is 515 g/mol. The molecule has 2 saturated heterocycles. The number of methoxy groups -OCH3 is 1. The Kier molecular flexibility index (Phi) is 6.37. The Morgan fingerprint density at radius 3 is 2.19 bits per heavy atom. The smallest absolute Gasteiger partial charge is 0.344 e. The fraction of sp³-hybridized carbons (Fsp3) is 0.393. The summed E-state index contributed by atoms with van der Waals surface area (Å²) in [5.41, 5.74) is 2.76. The first-order chi connectivity index (χ1) is 17.9. The lowest BCUT2D eigenvalue weighted by atomic mass is 9.98. The van der Waals surface area contributed by atoms with Crippen LogP contribution in [0.3, 0.4) is 0 Å². The molecule has 192 valence electrons. The number of ether oxygens (including phenoxy) is 2. The molecule has 1 aromatic heterocycles. The number of nitrogens with zero attached hydrogens (tertiary/aromatic N) is 2. The third-order valence-corrected chi connectivity index (χ3v) is 8.25. The van der Waals surface area contributed by atoms with Crippen LogP contribution in [-0.2, 0) is 9.47 Å². The van der Waals surface area contributed by atoms with E-state index >= 15 is 0 Å². The Hall–Kier alpha value is -3.03. The Labute approximate surface area is 224 Å². The maximum absolute atomic E-state index is 13.6. The van der Waals surface area contributed by atoms with Crippen molar-refractivity contribution in [3.05, 3.63) is 69.4 Å². The predicted octanol–water partition coefficient (Wildman–Crippen LogP) is 6.67. The number of fused-ring (bicyclic) bond motifs is 2. The number of anilines is 1. The molecule has 7 nitrogen and oxygen atoms in total. The van der Waals surface area contributed by atoms with Gasteiger partial charge in [0.25, 0.3) is 0 Å². The Balaban J connectivity index is 1.22. The van der Waals surface area contributed by atoms with Crippen LogP contribution in [0.15, 0.2) is 47.0 Å². The lowest BCUT2D eigenvalue weighted by Gasteiger charge is -2.40. The molecule has 0 N–H and O–H groups in total. The second-order valence-corrected chi connectivity index (χ2v) is 10.8. The van der Waals surface area contributed by atoms with Gasteiger partial charge in [-0.05, 0) is 62.1 Å². The van der Waals surface area contributed by atoms with Gasteiger partial charge in [-0.3, -0.25) is 0 Å². The first-order valence-electron chi connectivity index (χ1n) is 12.6. The summed E-state index contributed by atoms with van der Waals surface area (Å²) < 4.78 is 16.6. The number of piperidine rings is 1. The molecule has 0 radical (unpaired) electrons. The van der Waals surface area contributed by atoms with E-state index in [0.29, 0.717) is 38.2 Å². The maximum atomic E-state index is 13.6.